The standard InChI is InChI=1S/C16H14FNOS/c17-14-8-11(16(18)20)5-6-15(14)19-9-12-7-10-3-1-2-4-13(10)12/h1-6,8,12H,7,9H2,(H2,18,20). The molecule has 0 amide bonds. The molecule has 3 rings (SSSR count). The average Bonchev–Trinajstić information content (AvgIpc) is 2.41. The minimum Gasteiger partial charge on any atom is -0.490 e. The van der Waals surface area contributed by atoms with Crippen LogP contribution in [0.25, 0.3) is 0 Å². The first kappa shape index (κ1) is 13.1. The number of rotatable bonds is 4. The molecule has 20 heavy (non-hydrogen) atoms. The van der Waals surface area contributed by atoms with Crippen molar-refractivity contribution in [2.24, 2.45) is 5.73 Å². The Morgan fingerprint density at radius 1 is 1.30 bits per heavy atom. The van der Waals surface area contributed by atoms with Crippen LogP contribution in [0.4, 0.5) is 4.39 Å². The molecule has 0 aliphatic heterocycles. The van der Waals surface area contributed by atoms with Crippen molar-refractivity contribution < 1.29 is 9.13 Å². The fraction of sp³-hybridized carbons (Fsp3) is 0.188. The topological polar surface area (TPSA) is 35.2 Å². The van der Waals surface area contributed by atoms with Crippen LogP contribution in [0.5, 0.6) is 5.75 Å². The van der Waals surface area contributed by atoms with Gasteiger partial charge in [0.25, 0.3) is 0 Å². The van der Waals surface area contributed by atoms with Crippen LogP contribution in [0.2, 0.25) is 0 Å². The van der Waals surface area contributed by atoms with Crippen LogP contribution in [0.3, 0.4) is 0 Å². The molecule has 0 spiro atoms. The molecular weight excluding hydrogens is 273 g/mol. The molecule has 0 saturated heterocycles. The molecule has 2 nitrogen and oxygen atoms in total. The van der Waals surface area contributed by atoms with Gasteiger partial charge >= 0.3 is 0 Å². The van der Waals surface area contributed by atoms with Gasteiger partial charge in [0.2, 0.25) is 0 Å². The first-order valence-corrected chi connectivity index (χ1v) is 6.86. The summed E-state index contributed by atoms with van der Waals surface area (Å²) in [5.74, 6) is 0.165. The van der Waals surface area contributed by atoms with E-state index in [4.69, 9.17) is 22.7 Å². The van der Waals surface area contributed by atoms with Gasteiger partial charge in [-0.05, 0) is 35.7 Å². The van der Waals surface area contributed by atoms with Crippen molar-refractivity contribution in [1.82, 2.24) is 0 Å². The summed E-state index contributed by atoms with van der Waals surface area (Å²) in [6.07, 6.45) is 0.989. The molecule has 102 valence electrons. The smallest absolute Gasteiger partial charge is 0.165 e. The zero-order chi connectivity index (χ0) is 14.1. The third-order valence-corrected chi connectivity index (χ3v) is 3.85. The van der Waals surface area contributed by atoms with Gasteiger partial charge in [-0.15, -0.1) is 0 Å². The van der Waals surface area contributed by atoms with E-state index in [-0.39, 0.29) is 10.7 Å². The molecule has 2 aromatic rings. The lowest BCUT2D eigenvalue weighted by atomic mass is 9.78. The molecule has 0 heterocycles. The highest BCUT2D eigenvalue weighted by atomic mass is 32.1. The molecule has 1 atom stereocenters. The van der Waals surface area contributed by atoms with E-state index in [1.165, 1.54) is 17.2 Å². The monoisotopic (exact) mass is 287 g/mol. The third-order valence-electron chi connectivity index (χ3n) is 3.62. The van der Waals surface area contributed by atoms with Crippen molar-refractivity contribution in [3.63, 3.8) is 0 Å². The predicted molar refractivity (Wildman–Crippen MR) is 80.7 cm³/mol. The van der Waals surface area contributed by atoms with E-state index < -0.39 is 5.82 Å². The van der Waals surface area contributed by atoms with E-state index in [2.05, 4.69) is 12.1 Å². The predicted octanol–water partition coefficient (Wildman–Crippen LogP) is 3.18. The van der Waals surface area contributed by atoms with E-state index in [1.54, 1.807) is 12.1 Å². The number of nitrogens with two attached hydrogens (primary N) is 1. The Bertz CT molecular complexity index is 671. The SMILES string of the molecule is NC(=S)c1ccc(OCC2Cc3ccccc32)c(F)c1. The second kappa shape index (κ2) is 5.21. The Morgan fingerprint density at radius 2 is 2.10 bits per heavy atom. The fourth-order valence-corrected chi connectivity index (χ4v) is 2.60. The molecule has 1 aliphatic rings. The molecule has 0 bridgehead atoms. The summed E-state index contributed by atoms with van der Waals surface area (Å²) in [6, 6.07) is 12.8. The second-order valence-corrected chi connectivity index (χ2v) is 5.36. The molecule has 0 aromatic heterocycles. The minimum atomic E-state index is -0.428. The summed E-state index contributed by atoms with van der Waals surface area (Å²) < 4.78 is 19.4. The summed E-state index contributed by atoms with van der Waals surface area (Å²) in [5.41, 5.74) is 8.63. The highest BCUT2D eigenvalue weighted by Gasteiger charge is 2.26. The van der Waals surface area contributed by atoms with Gasteiger partial charge in [0.15, 0.2) is 11.6 Å². The summed E-state index contributed by atoms with van der Waals surface area (Å²) >= 11 is 4.81. The average molecular weight is 287 g/mol. The van der Waals surface area contributed by atoms with Gasteiger partial charge in [-0.3, -0.25) is 0 Å². The maximum Gasteiger partial charge on any atom is 0.165 e. The normalized spacial score (nSPS) is 16.1. The van der Waals surface area contributed by atoms with Crippen LogP contribution in [0, 0.1) is 5.82 Å². The molecule has 0 saturated carbocycles. The Kier molecular flexibility index (Phi) is 3.40. The van der Waals surface area contributed by atoms with Gasteiger partial charge in [-0.25, -0.2) is 4.39 Å². The fourth-order valence-electron chi connectivity index (χ4n) is 2.47. The number of benzene rings is 2. The van der Waals surface area contributed by atoms with Crippen molar-refractivity contribution in [2.75, 3.05) is 6.61 Å². The highest BCUT2D eigenvalue weighted by Crippen LogP contribution is 2.35. The summed E-state index contributed by atoms with van der Waals surface area (Å²) in [4.78, 5) is 0.184. The number of fused-ring (bicyclic) bond motifs is 1. The Balaban J connectivity index is 1.67. The van der Waals surface area contributed by atoms with Gasteiger partial charge < -0.3 is 10.5 Å². The molecule has 0 radical (unpaired) electrons. The summed E-state index contributed by atoms with van der Waals surface area (Å²) in [7, 11) is 0. The van der Waals surface area contributed by atoms with Crippen molar-refractivity contribution in [3.05, 3.63) is 65.0 Å². The quantitative estimate of drug-likeness (QED) is 0.877. The molecule has 1 aliphatic carbocycles. The molecule has 2 aromatic carbocycles. The second-order valence-electron chi connectivity index (χ2n) is 4.92. The Labute approximate surface area is 122 Å². The lowest BCUT2D eigenvalue weighted by Gasteiger charge is -2.29. The first-order chi connectivity index (χ1) is 9.65. The lowest BCUT2D eigenvalue weighted by molar-refractivity contribution is 0.263. The van der Waals surface area contributed by atoms with E-state index in [1.807, 2.05) is 12.1 Å². The molecule has 4 heteroatoms. The van der Waals surface area contributed by atoms with Crippen LogP contribution in [-0.4, -0.2) is 11.6 Å². The van der Waals surface area contributed by atoms with Crippen molar-refractivity contribution >= 4 is 17.2 Å². The highest BCUT2D eigenvalue weighted by molar-refractivity contribution is 7.80. The third kappa shape index (κ3) is 2.39. The summed E-state index contributed by atoms with van der Waals surface area (Å²) in [5, 5.41) is 0. The number of halogens is 1. The molecule has 1 unspecified atom stereocenters. The molecule has 2 N–H and O–H groups in total. The minimum absolute atomic E-state index is 0.184. The Morgan fingerprint density at radius 3 is 2.80 bits per heavy atom. The van der Waals surface area contributed by atoms with Gasteiger partial charge in [-0.2, -0.15) is 0 Å². The number of hydrogen-bond acceptors (Lipinski definition) is 2. The van der Waals surface area contributed by atoms with Crippen LogP contribution in [-0.2, 0) is 6.42 Å². The van der Waals surface area contributed by atoms with E-state index in [0.717, 1.165) is 6.42 Å². The number of thiocarbonyl (C=S) groups is 1. The van der Waals surface area contributed by atoms with Crippen LogP contribution in [0.1, 0.15) is 22.6 Å². The number of ether oxygens (including phenoxy) is 1. The summed E-state index contributed by atoms with van der Waals surface area (Å²) in [6.45, 7) is 0.486. The van der Waals surface area contributed by atoms with Gasteiger partial charge in [0.1, 0.15) is 4.99 Å². The zero-order valence-electron chi connectivity index (χ0n) is 10.8. The number of hydrogen-bond donors (Lipinski definition) is 1. The van der Waals surface area contributed by atoms with E-state index in [0.29, 0.717) is 18.1 Å². The Hall–Kier alpha value is -1.94. The molecular formula is C16H14FNOS. The van der Waals surface area contributed by atoms with Crippen molar-refractivity contribution in [2.45, 2.75) is 12.3 Å². The zero-order valence-corrected chi connectivity index (χ0v) is 11.6. The van der Waals surface area contributed by atoms with Crippen molar-refractivity contribution in [1.29, 1.82) is 0 Å². The van der Waals surface area contributed by atoms with Gasteiger partial charge in [-0.1, -0.05) is 36.5 Å². The largest absolute Gasteiger partial charge is 0.490 e. The first-order valence-electron chi connectivity index (χ1n) is 6.45. The lowest BCUT2D eigenvalue weighted by Crippen LogP contribution is -2.23. The van der Waals surface area contributed by atoms with Crippen LogP contribution >= 0.6 is 12.2 Å². The maximum absolute atomic E-state index is 13.8. The van der Waals surface area contributed by atoms with Crippen molar-refractivity contribution in [3.8, 4) is 5.75 Å². The van der Waals surface area contributed by atoms with Gasteiger partial charge in [0.05, 0.1) is 6.61 Å². The maximum atomic E-state index is 13.8. The molecule has 0 fully saturated rings. The van der Waals surface area contributed by atoms with Gasteiger partial charge in [0, 0.05) is 11.5 Å². The van der Waals surface area contributed by atoms with E-state index in [9.17, 15) is 4.39 Å². The van der Waals surface area contributed by atoms with Crippen LogP contribution in [0.15, 0.2) is 42.5 Å². The van der Waals surface area contributed by atoms with E-state index >= 15 is 0 Å². The van der Waals surface area contributed by atoms with Crippen LogP contribution < -0.4 is 10.5 Å².